The zero-order valence-corrected chi connectivity index (χ0v) is 37.5. The minimum Gasteiger partial charge on any atom is -0.384 e. The Morgan fingerprint density at radius 2 is 1.55 bits per heavy atom. The Hall–Kier alpha value is -4.28. The molecule has 0 aliphatic carbocycles. The van der Waals surface area contributed by atoms with Crippen LogP contribution in [-0.2, 0) is 35.5 Å². The molecule has 6 rings (SSSR count). The summed E-state index contributed by atoms with van der Waals surface area (Å²) < 4.78 is 130. The summed E-state index contributed by atoms with van der Waals surface area (Å²) in [6.45, 7) is 5.22. The number of thioether (sulfide) groups is 1. The van der Waals surface area contributed by atoms with Crippen LogP contribution in [0, 0.1) is 0 Å². The lowest BCUT2D eigenvalue weighted by Gasteiger charge is -2.29. The number of nitrogens with one attached hydrogen (secondary N) is 4. The maximum Gasteiger partial charge on any atom is 0.427 e. The predicted molar refractivity (Wildman–Crippen MR) is 237 cm³/mol. The fraction of sp³-hybridized carbons (Fsp3) is 0.372. The van der Waals surface area contributed by atoms with E-state index < -0.39 is 58.1 Å². The molecule has 0 bridgehead atoms. The van der Waals surface area contributed by atoms with Crippen LogP contribution in [0.2, 0.25) is 0 Å². The third-order valence-corrected chi connectivity index (χ3v) is 15.1. The zero-order chi connectivity index (χ0) is 46.0. The minimum absolute atomic E-state index is 0.0651. The summed E-state index contributed by atoms with van der Waals surface area (Å²) in [5.74, 6) is -0.658. The number of carbonyl (C=O) groups excluding carboxylic acids is 1. The second-order valence-corrected chi connectivity index (χ2v) is 20.3. The van der Waals surface area contributed by atoms with Crippen molar-refractivity contribution in [3.63, 3.8) is 0 Å². The Bertz CT molecular complexity index is 2460. The average Bonchev–Trinajstić information content (AvgIpc) is 3.27. The molecule has 1 amide bonds. The molecule has 12 nitrogen and oxygen atoms in total. The molecule has 1 atom stereocenters. The number of sulfone groups is 1. The van der Waals surface area contributed by atoms with Gasteiger partial charge in [-0.1, -0.05) is 30.3 Å². The van der Waals surface area contributed by atoms with Crippen LogP contribution in [-0.4, -0.2) is 110 Å². The standard InChI is InChI=1S/C43H47ClF5N5O7S3/c44-43(48,49)63(56,57)40-26-37(14-15-39(40)52-35(16-20-54-21-24-60-25-22-54)29-62-36-4-2-1-3-5-36)64(58,59)53-41(55)31-8-12-34(13-9-31)51-19-18-50-27-32-28-61-23-17-38(32)30-6-10-33(11-7-30)42(45,46)47/h1-15,26,35,50-52H,16-25,27-29H2,(H,53,55)/t35-/m1/s1. The molecule has 346 valence electrons. The van der Waals surface area contributed by atoms with Crippen LogP contribution in [0.5, 0.6) is 0 Å². The molecule has 0 radical (unpaired) electrons. The van der Waals surface area contributed by atoms with E-state index in [0.29, 0.717) is 102 Å². The number of sulfonamides is 1. The van der Waals surface area contributed by atoms with Gasteiger partial charge in [-0.25, -0.2) is 21.6 Å². The minimum atomic E-state index is -5.65. The third kappa shape index (κ3) is 13.4. The van der Waals surface area contributed by atoms with Crippen molar-refractivity contribution in [2.75, 3.05) is 82.1 Å². The molecule has 4 aromatic carbocycles. The van der Waals surface area contributed by atoms with Crippen LogP contribution < -0.4 is 20.7 Å². The van der Waals surface area contributed by atoms with E-state index in [4.69, 9.17) is 21.1 Å². The number of halogens is 6. The largest absolute Gasteiger partial charge is 0.427 e. The lowest BCUT2D eigenvalue weighted by Crippen LogP contribution is -2.39. The number of carbonyl (C=O) groups is 1. The van der Waals surface area contributed by atoms with Gasteiger partial charge in [0.15, 0.2) is 0 Å². The second kappa shape index (κ2) is 21.8. The van der Waals surface area contributed by atoms with Crippen LogP contribution in [0.4, 0.5) is 33.3 Å². The maximum atomic E-state index is 14.5. The lowest BCUT2D eigenvalue weighted by atomic mass is 9.95. The highest BCUT2D eigenvalue weighted by Crippen LogP contribution is 2.38. The first-order valence-corrected chi connectivity index (χ1v) is 24.5. The van der Waals surface area contributed by atoms with Crippen molar-refractivity contribution < 1.29 is 53.1 Å². The van der Waals surface area contributed by atoms with Gasteiger partial charge in [-0.2, -0.15) is 22.0 Å². The molecular formula is C43H47ClF5N5O7S3. The average molecular weight is 973 g/mol. The van der Waals surface area contributed by atoms with Crippen LogP contribution >= 0.6 is 23.4 Å². The van der Waals surface area contributed by atoms with Gasteiger partial charge < -0.3 is 25.4 Å². The molecule has 64 heavy (non-hydrogen) atoms. The zero-order valence-electron chi connectivity index (χ0n) is 34.3. The summed E-state index contributed by atoms with van der Waals surface area (Å²) in [6.07, 6.45) is -3.38. The van der Waals surface area contributed by atoms with Crippen LogP contribution in [0.15, 0.2) is 117 Å². The summed E-state index contributed by atoms with van der Waals surface area (Å²) in [7, 11) is -10.5. The van der Waals surface area contributed by atoms with E-state index in [1.165, 1.54) is 36.0 Å². The molecular weight excluding hydrogens is 925 g/mol. The van der Waals surface area contributed by atoms with Gasteiger partial charge in [0.1, 0.15) is 0 Å². The van der Waals surface area contributed by atoms with Crippen LogP contribution in [0.3, 0.4) is 0 Å². The number of alkyl halides is 6. The summed E-state index contributed by atoms with van der Waals surface area (Å²) >= 11 is 6.57. The molecule has 1 fully saturated rings. The van der Waals surface area contributed by atoms with E-state index in [9.17, 15) is 43.6 Å². The fourth-order valence-corrected chi connectivity index (χ4v) is 10.2. The number of morpholine rings is 1. The summed E-state index contributed by atoms with van der Waals surface area (Å²) in [4.78, 5) is 14.4. The Morgan fingerprint density at radius 1 is 0.844 bits per heavy atom. The Kier molecular flexibility index (Phi) is 16.7. The molecule has 2 heterocycles. The van der Waals surface area contributed by atoms with E-state index in [-0.39, 0.29) is 11.3 Å². The van der Waals surface area contributed by atoms with E-state index in [2.05, 4.69) is 20.9 Å². The lowest BCUT2D eigenvalue weighted by molar-refractivity contribution is -0.137. The first-order valence-electron chi connectivity index (χ1n) is 20.2. The van der Waals surface area contributed by atoms with Crippen molar-refractivity contribution >= 4 is 66.1 Å². The highest BCUT2D eigenvalue weighted by Gasteiger charge is 2.46. The number of hydrogen-bond donors (Lipinski definition) is 4. The van der Waals surface area contributed by atoms with Gasteiger partial charge in [0.2, 0.25) is 0 Å². The Labute approximate surface area is 378 Å². The van der Waals surface area contributed by atoms with Crippen molar-refractivity contribution in [3.05, 3.63) is 119 Å². The quantitative estimate of drug-likeness (QED) is 0.0299. The Balaban J connectivity index is 1.08. The maximum absolute atomic E-state index is 14.5. The summed E-state index contributed by atoms with van der Waals surface area (Å²) in [6, 6.07) is 22.4. The van der Waals surface area contributed by atoms with E-state index >= 15 is 0 Å². The topological polar surface area (TPSA) is 155 Å². The first-order chi connectivity index (χ1) is 30.4. The molecule has 0 aromatic heterocycles. The number of rotatable bonds is 20. The van der Waals surface area contributed by atoms with Gasteiger partial charge >= 0.3 is 10.9 Å². The number of benzene rings is 4. The third-order valence-electron chi connectivity index (χ3n) is 10.4. The molecule has 21 heteroatoms. The van der Waals surface area contributed by atoms with Crippen LogP contribution in [0.25, 0.3) is 5.57 Å². The van der Waals surface area contributed by atoms with Gasteiger partial charge in [-0.15, -0.1) is 11.8 Å². The van der Waals surface area contributed by atoms with E-state index in [1.54, 1.807) is 12.1 Å². The highest BCUT2D eigenvalue weighted by molar-refractivity contribution is 7.99. The second-order valence-electron chi connectivity index (χ2n) is 14.9. The smallest absolute Gasteiger partial charge is 0.384 e. The van der Waals surface area contributed by atoms with Crippen LogP contribution in [0.1, 0.15) is 34.3 Å². The number of amides is 1. The molecule has 0 unspecified atom stereocenters. The molecule has 0 saturated carbocycles. The van der Waals surface area contributed by atoms with Crippen molar-refractivity contribution in [2.45, 2.75) is 44.5 Å². The van der Waals surface area contributed by atoms with Crippen molar-refractivity contribution in [1.82, 2.24) is 14.9 Å². The number of hydrogen-bond acceptors (Lipinski definition) is 12. The molecule has 1 saturated heterocycles. The molecule has 4 N–H and O–H groups in total. The molecule has 2 aliphatic rings. The van der Waals surface area contributed by atoms with E-state index in [1.807, 2.05) is 35.1 Å². The van der Waals surface area contributed by atoms with Crippen molar-refractivity contribution in [1.29, 1.82) is 0 Å². The normalized spacial score (nSPS) is 16.0. The van der Waals surface area contributed by atoms with Gasteiger partial charge in [0, 0.05) is 67.2 Å². The molecule has 0 spiro atoms. The Morgan fingerprint density at radius 3 is 2.22 bits per heavy atom. The number of ether oxygens (including phenoxy) is 2. The monoisotopic (exact) mass is 971 g/mol. The summed E-state index contributed by atoms with van der Waals surface area (Å²) in [5.41, 5.74) is 2.09. The van der Waals surface area contributed by atoms with Gasteiger partial charge in [-0.3, -0.25) is 9.69 Å². The highest BCUT2D eigenvalue weighted by atomic mass is 35.5. The first kappa shape index (κ1) is 49.2. The number of nitrogens with zero attached hydrogens (tertiary/aromatic N) is 1. The SMILES string of the molecule is O=C(NS(=O)(=O)c1ccc(N[C@H](CCN2CCOCC2)CSc2ccccc2)c(S(=O)(=O)C(F)(F)Cl)c1)c1ccc(NCCNCC2=C(c3ccc(C(F)(F)F)cc3)CCOC2)cc1. The van der Waals surface area contributed by atoms with Gasteiger partial charge in [0.25, 0.3) is 25.8 Å². The number of anilines is 2. The van der Waals surface area contributed by atoms with Gasteiger partial charge in [-0.05, 0) is 108 Å². The van der Waals surface area contributed by atoms with Crippen molar-refractivity contribution in [3.8, 4) is 0 Å². The van der Waals surface area contributed by atoms with Gasteiger partial charge in [0.05, 0.1) is 47.5 Å². The summed E-state index contributed by atoms with van der Waals surface area (Å²) in [5, 5.41) is 9.51. The fourth-order valence-electron chi connectivity index (χ4n) is 6.94. The van der Waals surface area contributed by atoms with Crippen molar-refractivity contribution in [2.24, 2.45) is 0 Å². The predicted octanol–water partition coefficient (Wildman–Crippen LogP) is 7.56. The molecule has 4 aromatic rings. The van der Waals surface area contributed by atoms with E-state index in [0.717, 1.165) is 40.3 Å². The molecule has 2 aliphatic heterocycles.